The van der Waals surface area contributed by atoms with Crippen LogP contribution in [-0.2, 0) is 61.6 Å². The van der Waals surface area contributed by atoms with Crippen LogP contribution >= 0.6 is 0 Å². The van der Waals surface area contributed by atoms with Gasteiger partial charge in [-0.1, -0.05) is 18.6 Å². The number of aliphatic hydroxyl groups is 6. The molecule has 19 heteroatoms. The molecule has 0 amide bonds. The second-order valence-electron chi connectivity index (χ2n) is 21.0. The third-order valence-corrected chi connectivity index (χ3v) is 17.1. The van der Waals surface area contributed by atoms with Gasteiger partial charge in [0.15, 0.2) is 30.9 Å². The lowest BCUT2D eigenvalue weighted by Crippen LogP contribution is -2.62. The number of aliphatic hydroxyl groups excluding tert-OH is 6. The van der Waals surface area contributed by atoms with Crippen molar-refractivity contribution in [1.82, 2.24) is 0 Å². The molecule has 7 aliphatic heterocycles. The first-order valence-corrected chi connectivity index (χ1v) is 24.2. The Hall–Kier alpha value is -1.44. The van der Waals surface area contributed by atoms with Gasteiger partial charge >= 0.3 is 0 Å². The van der Waals surface area contributed by atoms with Gasteiger partial charge in [-0.2, -0.15) is 0 Å². The molecule has 374 valence electrons. The predicted molar refractivity (Wildman–Crippen MR) is 225 cm³/mol. The Bertz CT molecular complexity index is 1800. The molecule has 0 aromatic carbocycles. The van der Waals surface area contributed by atoms with Crippen molar-refractivity contribution in [2.75, 3.05) is 34.0 Å². The summed E-state index contributed by atoms with van der Waals surface area (Å²) in [7, 11) is 3.12. The van der Waals surface area contributed by atoms with Gasteiger partial charge in [0.1, 0.15) is 54.6 Å². The van der Waals surface area contributed by atoms with Gasteiger partial charge in [-0.15, -0.1) is 0 Å². The van der Waals surface area contributed by atoms with E-state index in [2.05, 4.69) is 19.9 Å². The Morgan fingerprint density at radius 2 is 1.35 bits per heavy atom. The number of hydrogen-bond acceptors (Lipinski definition) is 19. The van der Waals surface area contributed by atoms with Crippen LogP contribution < -0.4 is 0 Å². The summed E-state index contributed by atoms with van der Waals surface area (Å²) in [5.41, 5.74) is 2.36. The molecule has 0 aromatic rings. The van der Waals surface area contributed by atoms with E-state index in [1.165, 1.54) is 18.3 Å². The molecule has 8 fully saturated rings. The van der Waals surface area contributed by atoms with Gasteiger partial charge in [0.05, 0.1) is 80.0 Å². The van der Waals surface area contributed by atoms with Crippen LogP contribution in [-0.4, -0.2) is 193 Å². The first kappa shape index (κ1) is 48.2. The minimum atomic E-state index is -1.60. The molecule has 7 heterocycles. The van der Waals surface area contributed by atoms with E-state index in [0.717, 1.165) is 25.0 Å². The largest absolute Gasteiger partial charge is 0.491 e. The highest BCUT2D eigenvalue weighted by Crippen LogP contribution is 2.69. The molecule has 0 aromatic heterocycles. The number of hydrogen-bond donors (Lipinski definition) is 6. The molecule has 0 radical (unpaired) electrons. The van der Waals surface area contributed by atoms with Crippen molar-refractivity contribution in [2.45, 2.75) is 215 Å². The summed E-state index contributed by atoms with van der Waals surface area (Å²) in [5, 5.41) is 63.8. The van der Waals surface area contributed by atoms with Crippen LogP contribution in [0.1, 0.15) is 86.0 Å². The van der Waals surface area contributed by atoms with E-state index >= 15 is 0 Å². The maximum absolute atomic E-state index is 11.8. The minimum absolute atomic E-state index is 0.0259. The van der Waals surface area contributed by atoms with E-state index in [1.807, 2.05) is 6.92 Å². The van der Waals surface area contributed by atoms with Gasteiger partial charge < -0.3 is 92.2 Å². The molecule has 25 unspecified atom stereocenters. The average Bonchev–Trinajstić information content (AvgIpc) is 3.92. The molecule has 3 aliphatic carbocycles. The van der Waals surface area contributed by atoms with Crippen LogP contribution in [0, 0.1) is 22.7 Å². The van der Waals surface area contributed by atoms with Gasteiger partial charge in [-0.25, -0.2) is 0 Å². The summed E-state index contributed by atoms with van der Waals surface area (Å²) in [5.74, 6) is 1.05. The Labute approximate surface area is 385 Å². The smallest absolute Gasteiger partial charge is 0.187 e. The molecule has 0 bridgehead atoms. The zero-order chi connectivity index (χ0) is 46.6. The van der Waals surface area contributed by atoms with Crippen molar-refractivity contribution < 1.29 is 92.2 Å². The lowest BCUT2D eigenvalue weighted by atomic mass is 9.52. The molecule has 7 saturated heterocycles. The molecular formula is C47H72O19. The standard InChI is InChI=1S/C47H72O19/c1-20-39(64-35-15-30(55-7)41(22(3)60-35)66-44-38(53)37(52)36(51)31(17-48)63-44)26(49)13-33(58-20)65-40-21(2)59-34(14-29(40)54-6)61-28-12-23-8-9-24-25(45(23,4)16-27(28)50)10-11-47-19-57-46(5)42(47)32(18-56-46)62-43(24)47/h8,20-22,25-42,44,48-53H,9-19H2,1-7H3. The molecule has 1 spiro atoms. The molecule has 25 atom stereocenters. The summed E-state index contributed by atoms with van der Waals surface area (Å²) < 4.78 is 80.8. The molecule has 66 heavy (non-hydrogen) atoms. The third-order valence-electron chi connectivity index (χ3n) is 17.1. The summed E-state index contributed by atoms with van der Waals surface area (Å²) in [4.78, 5) is 0. The topological polar surface area (TPSA) is 241 Å². The van der Waals surface area contributed by atoms with Gasteiger partial charge in [0.2, 0.25) is 0 Å². The van der Waals surface area contributed by atoms with Crippen LogP contribution in [0.15, 0.2) is 23.0 Å². The van der Waals surface area contributed by atoms with Crippen LogP contribution in [0.3, 0.4) is 0 Å². The Morgan fingerprint density at radius 1 is 0.712 bits per heavy atom. The number of methoxy groups -OCH3 is 2. The van der Waals surface area contributed by atoms with Crippen LogP contribution in [0.4, 0.5) is 0 Å². The summed E-state index contributed by atoms with van der Waals surface area (Å²) in [6.45, 7) is 10.4. The number of fused-ring (bicyclic) bond motifs is 3. The van der Waals surface area contributed by atoms with Gasteiger partial charge in [-0.05, 0) is 76.7 Å². The quantitative estimate of drug-likeness (QED) is 0.159. The lowest BCUT2D eigenvalue weighted by Gasteiger charge is -2.53. The van der Waals surface area contributed by atoms with Crippen molar-refractivity contribution in [1.29, 1.82) is 0 Å². The fourth-order valence-electron chi connectivity index (χ4n) is 13.7. The van der Waals surface area contributed by atoms with Crippen LogP contribution in [0.5, 0.6) is 0 Å². The van der Waals surface area contributed by atoms with Crippen molar-refractivity contribution in [3.05, 3.63) is 23.0 Å². The first-order valence-electron chi connectivity index (χ1n) is 24.2. The molecular weight excluding hydrogens is 868 g/mol. The van der Waals surface area contributed by atoms with Crippen molar-refractivity contribution in [2.24, 2.45) is 22.7 Å². The fourth-order valence-corrected chi connectivity index (χ4v) is 13.7. The molecule has 19 nitrogen and oxygen atoms in total. The number of rotatable bonds is 11. The SMILES string of the molecule is COC1CC(OC2CC3=CCC4=C5OC6COC7(C)OCC5(CCC4C3(C)CC2O)C67)OC(C)C1OC1CC(O)C(OC2CC(OC)C(OC3OC(CO)C(O)C(O)C3O)C(C)O2)C(C)O1. The predicted octanol–water partition coefficient (Wildman–Crippen LogP) is 1.06. The zero-order valence-electron chi connectivity index (χ0n) is 39.0. The lowest BCUT2D eigenvalue weighted by molar-refractivity contribution is -0.356. The van der Waals surface area contributed by atoms with Crippen LogP contribution in [0.25, 0.3) is 0 Å². The highest BCUT2D eigenvalue weighted by atomic mass is 16.8. The summed E-state index contributed by atoms with van der Waals surface area (Å²) in [6.07, 6.45) is -9.40. The number of allylic oxidation sites excluding steroid dienone is 2. The van der Waals surface area contributed by atoms with E-state index < -0.39 is 129 Å². The van der Waals surface area contributed by atoms with Crippen molar-refractivity contribution in [3.63, 3.8) is 0 Å². The summed E-state index contributed by atoms with van der Waals surface area (Å²) >= 11 is 0. The van der Waals surface area contributed by atoms with E-state index in [1.54, 1.807) is 21.0 Å². The summed E-state index contributed by atoms with van der Waals surface area (Å²) in [6, 6.07) is 0. The monoisotopic (exact) mass is 940 g/mol. The molecule has 6 N–H and O–H groups in total. The zero-order valence-corrected chi connectivity index (χ0v) is 39.0. The minimum Gasteiger partial charge on any atom is -0.491 e. The average molecular weight is 941 g/mol. The Balaban J connectivity index is 0.721. The van der Waals surface area contributed by atoms with E-state index in [9.17, 15) is 30.6 Å². The first-order chi connectivity index (χ1) is 31.5. The molecule has 1 saturated carbocycles. The maximum atomic E-state index is 11.8. The highest BCUT2D eigenvalue weighted by molar-refractivity contribution is 5.41. The van der Waals surface area contributed by atoms with Gasteiger partial charge in [0, 0.05) is 33.5 Å². The number of ether oxygens (including phenoxy) is 13. The van der Waals surface area contributed by atoms with E-state index in [4.69, 9.17) is 61.6 Å². The van der Waals surface area contributed by atoms with Gasteiger partial charge in [-0.3, -0.25) is 0 Å². The van der Waals surface area contributed by atoms with Gasteiger partial charge in [0.25, 0.3) is 0 Å². The highest BCUT2D eigenvalue weighted by Gasteiger charge is 2.72. The molecule has 10 rings (SSSR count). The van der Waals surface area contributed by atoms with Crippen molar-refractivity contribution in [3.8, 4) is 0 Å². The Morgan fingerprint density at radius 3 is 2.02 bits per heavy atom. The van der Waals surface area contributed by atoms with E-state index in [0.29, 0.717) is 32.5 Å². The second-order valence-corrected chi connectivity index (χ2v) is 21.0. The fraction of sp³-hybridized carbons (Fsp3) is 0.915. The third kappa shape index (κ3) is 8.05. The van der Waals surface area contributed by atoms with Crippen molar-refractivity contribution >= 4 is 0 Å². The second kappa shape index (κ2) is 18.3. The maximum Gasteiger partial charge on any atom is 0.187 e. The van der Waals surface area contributed by atoms with E-state index in [-0.39, 0.29) is 41.6 Å². The van der Waals surface area contributed by atoms with Crippen LogP contribution in [0.2, 0.25) is 0 Å². The molecule has 10 aliphatic rings. The Kier molecular flexibility index (Phi) is 13.4. The normalized spacial score (nSPS) is 54.5.